The molecule has 21 heavy (non-hydrogen) atoms. The quantitative estimate of drug-likeness (QED) is 0.790. The normalized spacial score (nSPS) is 22.9. The van der Waals surface area contributed by atoms with E-state index >= 15 is 0 Å². The maximum Gasteiger partial charge on any atom is 0.309 e. The van der Waals surface area contributed by atoms with Crippen LogP contribution in [0.25, 0.3) is 0 Å². The second kappa shape index (κ2) is 6.28. The molecule has 0 radical (unpaired) electrons. The Labute approximate surface area is 125 Å². The van der Waals surface area contributed by atoms with Crippen molar-refractivity contribution in [2.75, 3.05) is 14.2 Å². The van der Waals surface area contributed by atoms with Crippen LogP contribution >= 0.6 is 0 Å². The standard InChI is InChI=1S/C15H23N3O3/c1-10(11-8-16-17(2)9-11)18(3)14(19)12-6-5-7-13(12)15(20)21-4/h8-10,12-13H,5-7H2,1-4H3. The Morgan fingerprint density at radius 1 is 1.43 bits per heavy atom. The molecule has 0 aromatic carbocycles. The molecule has 0 N–H and O–H groups in total. The van der Waals surface area contributed by atoms with Gasteiger partial charge in [-0.25, -0.2) is 0 Å². The zero-order valence-electron chi connectivity index (χ0n) is 13.1. The minimum Gasteiger partial charge on any atom is -0.469 e. The molecule has 1 aliphatic carbocycles. The van der Waals surface area contributed by atoms with Gasteiger partial charge in [-0.1, -0.05) is 6.42 Å². The number of carbonyl (C=O) groups is 2. The van der Waals surface area contributed by atoms with Crippen molar-refractivity contribution in [2.45, 2.75) is 32.2 Å². The maximum absolute atomic E-state index is 12.7. The Balaban J connectivity index is 2.09. The van der Waals surface area contributed by atoms with E-state index in [1.165, 1.54) is 7.11 Å². The largest absolute Gasteiger partial charge is 0.469 e. The fourth-order valence-electron chi connectivity index (χ4n) is 3.02. The third-order valence-corrected chi connectivity index (χ3v) is 4.47. The van der Waals surface area contributed by atoms with Crippen LogP contribution in [0.2, 0.25) is 0 Å². The van der Waals surface area contributed by atoms with Crippen LogP contribution in [0, 0.1) is 11.8 Å². The van der Waals surface area contributed by atoms with E-state index in [0.717, 1.165) is 24.8 Å². The first-order chi connectivity index (χ1) is 9.95. The van der Waals surface area contributed by atoms with Crippen molar-refractivity contribution in [3.05, 3.63) is 18.0 Å². The van der Waals surface area contributed by atoms with Crippen molar-refractivity contribution >= 4 is 11.9 Å². The molecule has 2 rings (SSSR count). The smallest absolute Gasteiger partial charge is 0.309 e. The third-order valence-electron chi connectivity index (χ3n) is 4.47. The summed E-state index contributed by atoms with van der Waals surface area (Å²) in [6.07, 6.45) is 6.05. The lowest BCUT2D eigenvalue weighted by Gasteiger charge is -2.28. The summed E-state index contributed by atoms with van der Waals surface area (Å²) < 4.78 is 6.54. The Kier molecular flexibility index (Phi) is 4.65. The molecular formula is C15H23N3O3. The molecule has 0 saturated heterocycles. The number of rotatable bonds is 4. The van der Waals surface area contributed by atoms with Gasteiger partial charge in [0, 0.05) is 25.9 Å². The van der Waals surface area contributed by atoms with E-state index in [2.05, 4.69) is 5.10 Å². The summed E-state index contributed by atoms with van der Waals surface area (Å²) in [5, 5.41) is 4.14. The minimum absolute atomic E-state index is 0.0132. The number of hydrogen-bond donors (Lipinski definition) is 0. The van der Waals surface area contributed by atoms with Crippen LogP contribution in [0.5, 0.6) is 0 Å². The first kappa shape index (κ1) is 15.5. The molecule has 1 amide bonds. The van der Waals surface area contributed by atoms with E-state index in [1.807, 2.05) is 20.2 Å². The Morgan fingerprint density at radius 3 is 2.67 bits per heavy atom. The first-order valence-electron chi connectivity index (χ1n) is 7.28. The van der Waals surface area contributed by atoms with Gasteiger partial charge in [0.05, 0.1) is 31.2 Å². The molecule has 3 atom stereocenters. The number of ether oxygens (including phenoxy) is 1. The molecule has 1 aromatic heterocycles. The second-order valence-electron chi connectivity index (χ2n) is 5.74. The van der Waals surface area contributed by atoms with Crippen LogP contribution in [-0.4, -0.2) is 40.7 Å². The van der Waals surface area contributed by atoms with Gasteiger partial charge in [0.1, 0.15) is 0 Å². The van der Waals surface area contributed by atoms with E-state index < -0.39 is 0 Å². The summed E-state index contributed by atoms with van der Waals surface area (Å²) in [5.41, 5.74) is 0.987. The van der Waals surface area contributed by atoms with Crippen LogP contribution in [0.4, 0.5) is 0 Å². The van der Waals surface area contributed by atoms with Crippen molar-refractivity contribution in [1.82, 2.24) is 14.7 Å². The molecule has 1 aromatic rings. The molecular weight excluding hydrogens is 270 g/mol. The topological polar surface area (TPSA) is 64.4 Å². The molecule has 1 heterocycles. The lowest BCUT2D eigenvalue weighted by atomic mass is 9.94. The van der Waals surface area contributed by atoms with Crippen LogP contribution in [0.1, 0.15) is 37.8 Å². The number of aromatic nitrogens is 2. The second-order valence-corrected chi connectivity index (χ2v) is 5.74. The number of hydrogen-bond acceptors (Lipinski definition) is 4. The predicted octanol–water partition coefficient (Wildman–Crippen LogP) is 1.53. The summed E-state index contributed by atoms with van der Waals surface area (Å²) in [6, 6.07) is -0.0647. The zero-order valence-corrected chi connectivity index (χ0v) is 13.1. The highest BCUT2D eigenvalue weighted by atomic mass is 16.5. The fraction of sp³-hybridized carbons (Fsp3) is 0.667. The fourth-order valence-corrected chi connectivity index (χ4v) is 3.02. The van der Waals surface area contributed by atoms with Gasteiger partial charge in [0.2, 0.25) is 5.91 Å². The van der Waals surface area contributed by atoms with E-state index in [1.54, 1.807) is 22.8 Å². The molecule has 0 bridgehead atoms. The Bertz CT molecular complexity index is 526. The highest BCUT2D eigenvalue weighted by Gasteiger charge is 2.40. The van der Waals surface area contributed by atoms with Crippen molar-refractivity contribution in [3.8, 4) is 0 Å². The molecule has 1 saturated carbocycles. The minimum atomic E-state index is -0.300. The van der Waals surface area contributed by atoms with E-state index in [0.29, 0.717) is 0 Å². The van der Waals surface area contributed by atoms with Crippen LogP contribution in [-0.2, 0) is 21.4 Å². The van der Waals surface area contributed by atoms with E-state index in [9.17, 15) is 9.59 Å². The summed E-state index contributed by atoms with van der Waals surface area (Å²) in [6.45, 7) is 1.97. The van der Waals surface area contributed by atoms with E-state index in [-0.39, 0.29) is 29.8 Å². The zero-order chi connectivity index (χ0) is 15.6. The summed E-state index contributed by atoms with van der Waals surface area (Å²) in [7, 11) is 5.01. The monoisotopic (exact) mass is 293 g/mol. The molecule has 0 aliphatic heterocycles. The van der Waals surface area contributed by atoms with Gasteiger partial charge >= 0.3 is 5.97 Å². The average molecular weight is 293 g/mol. The van der Waals surface area contributed by atoms with Crippen LogP contribution in [0.3, 0.4) is 0 Å². The molecule has 1 fully saturated rings. The molecule has 1 aliphatic rings. The number of esters is 1. The molecule has 3 unspecified atom stereocenters. The van der Waals surface area contributed by atoms with Gasteiger partial charge in [-0.05, 0) is 19.8 Å². The van der Waals surface area contributed by atoms with Crippen molar-refractivity contribution < 1.29 is 14.3 Å². The van der Waals surface area contributed by atoms with Gasteiger partial charge in [0.15, 0.2) is 0 Å². The lowest BCUT2D eigenvalue weighted by Crippen LogP contribution is -2.38. The summed E-state index contributed by atoms with van der Waals surface area (Å²) >= 11 is 0. The first-order valence-corrected chi connectivity index (χ1v) is 7.28. The number of aryl methyl sites for hydroxylation is 1. The SMILES string of the molecule is COC(=O)C1CCCC1C(=O)N(C)C(C)c1cnn(C)c1. The summed E-state index contributed by atoms with van der Waals surface area (Å²) in [4.78, 5) is 26.2. The van der Waals surface area contributed by atoms with Crippen LogP contribution < -0.4 is 0 Å². The van der Waals surface area contributed by atoms with Crippen LogP contribution in [0.15, 0.2) is 12.4 Å². The third kappa shape index (κ3) is 3.09. The molecule has 6 nitrogen and oxygen atoms in total. The number of carbonyl (C=O) groups excluding carboxylic acids is 2. The highest BCUT2D eigenvalue weighted by Crippen LogP contribution is 2.35. The molecule has 116 valence electrons. The average Bonchev–Trinajstić information content (AvgIpc) is 3.12. The van der Waals surface area contributed by atoms with Crippen molar-refractivity contribution in [3.63, 3.8) is 0 Å². The molecule has 0 spiro atoms. The predicted molar refractivity (Wildman–Crippen MR) is 77.2 cm³/mol. The van der Waals surface area contributed by atoms with Gasteiger partial charge in [-0.15, -0.1) is 0 Å². The number of nitrogens with zero attached hydrogens (tertiary/aromatic N) is 3. The van der Waals surface area contributed by atoms with Gasteiger partial charge in [-0.3, -0.25) is 14.3 Å². The molecule has 6 heteroatoms. The summed E-state index contributed by atoms with van der Waals surface area (Å²) in [5.74, 6) is -0.819. The van der Waals surface area contributed by atoms with Gasteiger partial charge in [0.25, 0.3) is 0 Å². The highest BCUT2D eigenvalue weighted by molar-refractivity contribution is 5.86. The number of methoxy groups -OCH3 is 1. The van der Waals surface area contributed by atoms with Crippen molar-refractivity contribution in [1.29, 1.82) is 0 Å². The van der Waals surface area contributed by atoms with Gasteiger partial charge in [-0.2, -0.15) is 5.10 Å². The van der Waals surface area contributed by atoms with E-state index in [4.69, 9.17) is 4.74 Å². The number of amides is 1. The maximum atomic E-state index is 12.7. The Hall–Kier alpha value is -1.85. The lowest BCUT2D eigenvalue weighted by molar-refractivity contribution is -0.151. The Morgan fingerprint density at radius 2 is 2.10 bits per heavy atom. The van der Waals surface area contributed by atoms with Gasteiger partial charge < -0.3 is 9.64 Å². The van der Waals surface area contributed by atoms with Crippen molar-refractivity contribution in [2.24, 2.45) is 18.9 Å².